The fourth-order valence-electron chi connectivity index (χ4n) is 2.88. The average Bonchev–Trinajstić information content (AvgIpc) is 2.83. The molecule has 8 nitrogen and oxygen atoms in total. The zero-order valence-corrected chi connectivity index (χ0v) is 12.3. The van der Waals surface area contributed by atoms with Crippen LogP contribution < -0.4 is 4.90 Å². The number of aromatic nitrogens is 4. The molecule has 2 aromatic rings. The lowest BCUT2D eigenvalue weighted by Gasteiger charge is -2.16. The quantitative estimate of drug-likeness (QED) is 0.657. The summed E-state index contributed by atoms with van der Waals surface area (Å²) in [5.74, 6) is 0.748. The number of likely N-dealkylation sites (tertiary alicyclic amines) is 1. The standard InChI is InChI=1S/C14H18N6O2/c21-20(22)13-7-5-6-12(10-13)19-14(15-16-17-19)11-18-8-3-1-2-4-9-18/h5-7,10H,1-4,8-9,11H2/p+1. The van der Waals surface area contributed by atoms with Crippen LogP contribution in [0.1, 0.15) is 31.5 Å². The molecule has 1 aromatic carbocycles. The molecule has 22 heavy (non-hydrogen) atoms. The molecule has 1 aliphatic heterocycles. The lowest BCUT2D eigenvalue weighted by molar-refractivity contribution is -0.913. The first kappa shape index (κ1) is 14.6. The third kappa shape index (κ3) is 3.28. The second-order valence-electron chi connectivity index (χ2n) is 5.62. The predicted molar refractivity (Wildman–Crippen MR) is 78.7 cm³/mol. The molecule has 3 rings (SSSR count). The van der Waals surface area contributed by atoms with Crippen molar-refractivity contribution in [3.63, 3.8) is 0 Å². The topological polar surface area (TPSA) is 91.2 Å². The maximum Gasteiger partial charge on any atom is 0.271 e. The van der Waals surface area contributed by atoms with Crippen LogP contribution in [0, 0.1) is 10.1 Å². The number of tetrazole rings is 1. The van der Waals surface area contributed by atoms with Gasteiger partial charge in [0.2, 0.25) is 5.82 Å². The first-order valence-corrected chi connectivity index (χ1v) is 7.60. The molecule has 0 atom stereocenters. The van der Waals surface area contributed by atoms with Crippen molar-refractivity contribution >= 4 is 5.69 Å². The highest BCUT2D eigenvalue weighted by Crippen LogP contribution is 2.16. The minimum atomic E-state index is -0.409. The number of non-ortho nitro benzene ring substituents is 1. The van der Waals surface area contributed by atoms with E-state index in [1.165, 1.54) is 42.7 Å². The van der Waals surface area contributed by atoms with Crippen LogP contribution in [0.2, 0.25) is 0 Å². The minimum Gasteiger partial charge on any atom is -0.329 e. The van der Waals surface area contributed by atoms with Gasteiger partial charge in [-0.05, 0) is 42.2 Å². The van der Waals surface area contributed by atoms with Crippen molar-refractivity contribution in [3.05, 3.63) is 40.2 Å². The van der Waals surface area contributed by atoms with Gasteiger partial charge in [0.15, 0.2) is 0 Å². The highest BCUT2D eigenvalue weighted by Gasteiger charge is 2.18. The van der Waals surface area contributed by atoms with Crippen molar-refractivity contribution in [2.24, 2.45) is 0 Å². The summed E-state index contributed by atoms with van der Waals surface area (Å²) in [5.41, 5.74) is 0.671. The smallest absolute Gasteiger partial charge is 0.271 e. The predicted octanol–water partition coefficient (Wildman–Crippen LogP) is 0.529. The molecule has 1 N–H and O–H groups in total. The molecule has 0 unspecified atom stereocenters. The highest BCUT2D eigenvalue weighted by molar-refractivity contribution is 5.42. The summed E-state index contributed by atoms with van der Waals surface area (Å²) in [6.07, 6.45) is 5.04. The van der Waals surface area contributed by atoms with Gasteiger partial charge in [0, 0.05) is 12.1 Å². The van der Waals surface area contributed by atoms with Gasteiger partial charge in [-0.3, -0.25) is 10.1 Å². The molecule has 0 aliphatic carbocycles. The van der Waals surface area contributed by atoms with E-state index in [0.717, 1.165) is 25.5 Å². The molecule has 1 fully saturated rings. The van der Waals surface area contributed by atoms with Gasteiger partial charge in [-0.1, -0.05) is 6.07 Å². The van der Waals surface area contributed by atoms with Crippen molar-refractivity contribution in [2.75, 3.05) is 13.1 Å². The van der Waals surface area contributed by atoms with Crippen LogP contribution in [-0.4, -0.2) is 38.2 Å². The summed E-state index contributed by atoms with van der Waals surface area (Å²) in [7, 11) is 0. The summed E-state index contributed by atoms with van der Waals surface area (Å²) in [4.78, 5) is 12.0. The Hall–Kier alpha value is -2.35. The van der Waals surface area contributed by atoms with Crippen LogP contribution in [0.3, 0.4) is 0 Å². The molecular formula is C14H19N6O2+. The van der Waals surface area contributed by atoms with Gasteiger partial charge >= 0.3 is 0 Å². The van der Waals surface area contributed by atoms with Crippen molar-refractivity contribution in [3.8, 4) is 5.69 Å². The SMILES string of the molecule is O=[N+]([O-])c1cccc(-n2nnnc2C[NH+]2CCCCCC2)c1. The van der Waals surface area contributed by atoms with Crippen molar-refractivity contribution in [1.82, 2.24) is 20.2 Å². The van der Waals surface area contributed by atoms with Gasteiger partial charge in [0.25, 0.3) is 5.69 Å². The Labute approximate surface area is 127 Å². The molecule has 0 saturated carbocycles. The number of benzene rings is 1. The molecule has 0 amide bonds. The maximum atomic E-state index is 10.9. The number of nitro benzene ring substituents is 1. The second kappa shape index (κ2) is 6.61. The molecular weight excluding hydrogens is 284 g/mol. The van der Waals surface area contributed by atoms with E-state index in [-0.39, 0.29) is 5.69 Å². The Balaban J connectivity index is 1.82. The third-order valence-corrected chi connectivity index (χ3v) is 4.04. The summed E-state index contributed by atoms with van der Waals surface area (Å²) < 4.78 is 1.60. The highest BCUT2D eigenvalue weighted by atomic mass is 16.6. The van der Waals surface area contributed by atoms with Crippen LogP contribution in [-0.2, 0) is 6.54 Å². The van der Waals surface area contributed by atoms with Crippen LogP contribution in [0.25, 0.3) is 5.69 Å². The average molecular weight is 303 g/mol. The number of nitrogens with zero attached hydrogens (tertiary/aromatic N) is 5. The van der Waals surface area contributed by atoms with E-state index in [1.807, 2.05) is 0 Å². The molecule has 8 heteroatoms. The molecule has 2 heterocycles. The van der Waals surface area contributed by atoms with Gasteiger partial charge in [-0.15, -0.1) is 5.10 Å². The zero-order valence-electron chi connectivity index (χ0n) is 12.3. The lowest BCUT2D eigenvalue weighted by Crippen LogP contribution is -3.10. The maximum absolute atomic E-state index is 10.9. The number of nitro groups is 1. The summed E-state index contributed by atoms with van der Waals surface area (Å²) in [6.45, 7) is 3.00. The first-order valence-electron chi connectivity index (χ1n) is 7.60. The second-order valence-corrected chi connectivity index (χ2v) is 5.62. The molecule has 0 radical (unpaired) electrons. The Bertz CT molecular complexity index is 648. The fourth-order valence-corrected chi connectivity index (χ4v) is 2.88. The normalized spacial score (nSPS) is 16.4. The molecule has 1 aromatic heterocycles. The van der Waals surface area contributed by atoms with Crippen LogP contribution in [0.4, 0.5) is 5.69 Å². The van der Waals surface area contributed by atoms with E-state index in [2.05, 4.69) is 15.5 Å². The number of rotatable bonds is 4. The molecule has 116 valence electrons. The van der Waals surface area contributed by atoms with Gasteiger partial charge in [0.1, 0.15) is 6.54 Å². The van der Waals surface area contributed by atoms with Gasteiger partial charge in [-0.25, -0.2) is 0 Å². The summed E-state index contributed by atoms with van der Waals surface area (Å²) in [6, 6.07) is 6.40. The van der Waals surface area contributed by atoms with E-state index in [4.69, 9.17) is 0 Å². The Kier molecular flexibility index (Phi) is 4.38. The zero-order chi connectivity index (χ0) is 15.4. The molecule has 1 saturated heterocycles. The van der Waals surface area contributed by atoms with Crippen molar-refractivity contribution in [2.45, 2.75) is 32.2 Å². The van der Waals surface area contributed by atoms with Crippen LogP contribution >= 0.6 is 0 Å². The first-order chi connectivity index (χ1) is 10.7. The van der Waals surface area contributed by atoms with E-state index in [9.17, 15) is 10.1 Å². The Morgan fingerprint density at radius 1 is 1.23 bits per heavy atom. The van der Waals surface area contributed by atoms with Crippen molar-refractivity contribution in [1.29, 1.82) is 0 Å². The Morgan fingerprint density at radius 2 is 2.00 bits per heavy atom. The molecule has 0 bridgehead atoms. The van der Waals surface area contributed by atoms with Gasteiger partial charge in [-0.2, -0.15) is 4.68 Å². The molecule has 1 aliphatic rings. The number of nitrogens with one attached hydrogen (secondary N) is 1. The fraction of sp³-hybridized carbons (Fsp3) is 0.500. The van der Waals surface area contributed by atoms with E-state index in [1.54, 1.807) is 16.8 Å². The van der Waals surface area contributed by atoms with Crippen molar-refractivity contribution < 1.29 is 9.82 Å². The monoisotopic (exact) mass is 303 g/mol. The minimum absolute atomic E-state index is 0.0427. The summed E-state index contributed by atoms with van der Waals surface area (Å²) in [5, 5.41) is 22.7. The lowest BCUT2D eigenvalue weighted by atomic mass is 10.2. The van der Waals surface area contributed by atoms with Gasteiger partial charge in [0.05, 0.1) is 23.7 Å². The van der Waals surface area contributed by atoms with E-state index in [0.29, 0.717) is 5.69 Å². The van der Waals surface area contributed by atoms with Crippen LogP contribution in [0.5, 0.6) is 0 Å². The van der Waals surface area contributed by atoms with E-state index < -0.39 is 4.92 Å². The number of quaternary nitrogens is 1. The third-order valence-electron chi connectivity index (χ3n) is 4.04. The summed E-state index contributed by atoms with van der Waals surface area (Å²) >= 11 is 0. The number of hydrogen-bond acceptors (Lipinski definition) is 5. The van der Waals surface area contributed by atoms with Gasteiger partial charge < -0.3 is 4.90 Å². The van der Waals surface area contributed by atoms with E-state index >= 15 is 0 Å². The van der Waals surface area contributed by atoms with Crippen LogP contribution in [0.15, 0.2) is 24.3 Å². The molecule has 0 spiro atoms. The number of hydrogen-bond donors (Lipinski definition) is 1. The largest absolute Gasteiger partial charge is 0.329 e. The Morgan fingerprint density at radius 3 is 2.73 bits per heavy atom.